The molecule has 4 nitrogen and oxygen atoms in total. The lowest BCUT2D eigenvalue weighted by Gasteiger charge is -2.07. The molecule has 0 heterocycles. The minimum absolute atomic E-state index is 0.233. The van der Waals surface area contributed by atoms with E-state index in [0.29, 0.717) is 13.2 Å². The first-order valence-electron chi connectivity index (χ1n) is 5.54. The Kier molecular flexibility index (Phi) is 8.20. The highest BCUT2D eigenvalue weighted by Crippen LogP contribution is 2.10. The lowest BCUT2D eigenvalue weighted by atomic mass is 10.2. The van der Waals surface area contributed by atoms with Crippen LogP contribution in [0.15, 0.2) is 9.66 Å². The summed E-state index contributed by atoms with van der Waals surface area (Å²) in [5, 5.41) is 0. The normalized spacial score (nSPS) is 11.8. The van der Waals surface area contributed by atoms with Crippen molar-refractivity contribution >= 4 is 34.5 Å². The Morgan fingerprint density at radius 2 is 1.53 bits per heavy atom. The lowest BCUT2D eigenvalue weighted by molar-refractivity contribution is -0.141. The molecule has 0 bridgehead atoms. The van der Waals surface area contributed by atoms with E-state index in [4.69, 9.17) is 9.47 Å². The van der Waals surface area contributed by atoms with Crippen molar-refractivity contribution in [1.82, 2.24) is 0 Å². The Labute approximate surface area is 116 Å². The van der Waals surface area contributed by atoms with Crippen molar-refractivity contribution in [2.24, 2.45) is 11.8 Å². The van der Waals surface area contributed by atoms with Crippen molar-refractivity contribution in [3.05, 3.63) is 9.66 Å². The van der Waals surface area contributed by atoms with Crippen LogP contribution < -0.4 is 0 Å². The molecule has 0 fully saturated rings. The zero-order valence-corrected chi connectivity index (χ0v) is 12.8. The Morgan fingerprint density at radius 3 is 2.00 bits per heavy atom. The second kappa shape index (κ2) is 8.49. The maximum atomic E-state index is 11.4. The predicted molar refractivity (Wildman–Crippen MR) is 73.7 cm³/mol. The Hall–Kier alpha value is -0.590. The highest BCUT2D eigenvalue weighted by Gasteiger charge is 2.11. The quantitative estimate of drug-likeness (QED) is 0.418. The smallest absolute Gasteiger partial charge is 0.344 e. The molecule has 17 heavy (non-hydrogen) atoms. The monoisotopic (exact) mass is 354 g/mol. The highest BCUT2D eigenvalue weighted by atomic mass is 127. The first-order valence-corrected chi connectivity index (χ1v) is 6.61. The number of carbonyl (C=O) groups excluding carboxylic acids is 2. The van der Waals surface area contributed by atoms with Crippen LogP contribution in [0.4, 0.5) is 0 Å². The van der Waals surface area contributed by atoms with E-state index < -0.39 is 11.9 Å². The van der Waals surface area contributed by atoms with Gasteiger partial charge in [-0.1, -0.05) is 27.7 Å². The van der Waals surface area contributed by atoms with Crippen LogP contribution in [0.3, 0.4) is 0 Å². The van der Waals surface area contributed by atoms with E-state index in [1.54, 1.807) is 22.6 Å². The summed E-state index contributed by atoms with van der Waals surface area (Å²) < 4.78 is 10.1. The maximum Gasteiger partial charge on any atom is 0.344 e. The van der Waals surface area contributed by atoms with Gasteiger partial charge in [0.2, 0.25) is 0 Å². The van der Waals surface area contributed by atoms with Gasteiger partial charge in [-0.05, 0) is 34.4 Å². The van der Waals surface area contributed by atoms with Crippen molar-refractivity contribution in [3.8, 4) is 0 Å². The number of carbonyl (C=O) groups is 2. The fourth-order valence-corrected chi connectivity index (χ4v) is 1.17. The molecular weight excluding hydrogens is 335 g/mol. The summed E-state index contributed by atoms with van der Waals surface area (Å²) in [7, 11) is 0. The zero-order valence-electron chi connectivity index (χ0n) is 10.7. The number of rotatable bonds is 6. The van der Waals surface area contributed by atoms with Crippen LogP contribution in [0.1, 0.15) is 27.7 Å². The summed E-state index contributed by atoms with van der Waals surface area (Å²) in [5.74, 6) is -0.445. The third kappa shape index (κ3) is 9.14. The minimum atomic E-state index is -0.510. The van der Waals surface area contributed by atoms with Gasteiger partial charge in [0.1, 0.15) is 3.58 Å². The first-order chi connectivity index (χ1) is 7.82. The summed E-state index contributed by atoms with van der Waals surface area (Å²) >= 11 is 1.77. The molecule has 0 aliphatic rings. The van der Waals surface area contributed by atoms with Crippen LogP contribution in [0.5, 0.6) is 0 Å². The Balaban J connectivity index is 4.14. The largest absolute Gasteiger partial charge is 0.462 e. The predicted octanol–water partition coefficient (Wildman–Crippen LogP) is 2.70. The topological polar surface area (TPSA) is 52.6 Å². The standard InChI is InChI=1S/C12H19IO4/c1-8(2)6-16-11(14)5-10(13)12(15)17-7-9(3)4/h5,8-9H,6-7H2,1-4H3/b10-5+. The summed E-state index contributed by atoms with van der Waals surface area (Å²) in [6.07, 6.45) is 1.16. The molecule has 0 atom stereocenters. The molecule has 0 amide bonds. The van der Waals surface area contributed by atoms with Crippen LogP contribution in [0.25, 0.3) is 0 Å². The number of ether oxygens (including phenoxy) is 2. The van der Waals surface area contributed by atoms with Crippen LogP contribution in [0.2, 0.25) is 0 Å². The van der Waals surface area contributed by atoms with Gasteiger partial charge in [0.05, 0.1) is 13.2 Å². The van der Waals surface area contributed by atoms with Gasteiger partial charge in [0, 0.05) is 6.08 Å². The van der Waals surface area contributed by atoms with Crippen LogP contribution in [0, 0.1) is 11.8 Å². The summed E-state index contributed by atoms with van der Waals surface area (Å²) in [5.41, 5.74) is 0. The van der Waals surface area contributed by atoms with E-state index in [-0.39, 0.29) is 15.4 Å². The van der Waals surface area contributed by atoms with Gasteiger partial charge in [-0.3, -0.25) is 0 Å². The highest BCUT2D eigenvalue weighted by molar-refractivity contribution is 14.1. The molecule has 0 radical (unpaired) electrons. The fourth-order valence-electron chi connectivity index (χ4n) is 0.764. The molecule has 0 aliphatic carbocycles. The molecule has 5 heteroatoms. The van der Waals surface area contributed by atoms with Crippen molar-refractivity contribution in [3.63, 3.8) is 0 Å². The van der Waals surface area contributed by atoms with E-state index in [0.717, 1.165) is 6.08 Å². The van der Waals surface area contributed by atoms with Gasteiger partial charge in [-0.2, -0.15) is 0 Å². The zero-order chi connectivity index (χ0) is 13.4. The van der Waals surface area contributed by atoms with Gasteiger partial charge < -0.3 is 9.47 Å². The SMILES string of the molecule is CC(C)COC(=O)/C=C(/I)C(=O)OCC(C)C. The van der Waals surface area contributed by atoms with Crippen molar-refractivity contribution in [2.75, 3.05) is 13.2 Å². The number of hydrogen-bond acceptors (Lipinski definition) is 4. The number of esters is 2. The minimum Gasteiger partial charge on any atom is -0.462 e. The molecule has 0 saturated heterocycles. The molecule has 0 aliphatic heterocycles. The number of hydrogen-bond donors (Lipinski definition) is 0. The molecule has 98 valence electrons. The van der Waals surface area contributed by atoms with E-state index in [9.17, 15) is 9.59 Å². The average Bonchev–Trinajstić information content (AvgIpc) is 2.22. The van der Waals surface area contributed by atoms with Gasteiger partial charge in [0.15, 0.2) is 0 Å². The number of halogens is 1. The average molecular weight is 354 g/mol. The van der Waals surface area contributed by atoms with Crippen molar-refractivity contribution in [2.45, 2.75) is 27.7 Å². The van der Waals surface area contributed by atoms with E-state index in [1.807, 2.05) is 27.7 Å². The summed E-state index contributed by atoms with van der Waals surface area (Å²) in [4.78, 5) is 22.7. The van der Waals surface area contributed by atoms with Crippen LogP contribution in [-0.2, 0) is 19.1 Å². The second-order valence-corrected chi connectivity index (χ2v) is 5.67. The fraction of sp³-hybridized carbons (Fsp3) is 0.667. The van der Waals surface area contributed by atoms with E-state index in [2.05, 4.69) is 0 Å². The third-order valence-corrected chi connectivity index (χ3v) is 2.30. The molecule has 0 rings (SSSR count). The summed E-state index contributed by atoms with van der Waals surface area (Å²) in [6, 6.07) is 0. The second-order valence-electron chi connectivity index (χ2n) is 4.51. The van der Waals surface area contributed by atoms with Crippen molar-refractivity contribution < 1.29 is 19.1 Å². The van der Waals surface area contributed by atoms with Gasteiger partial charge in [-0.25, -0.2) is 9.59 Å². The van der Waals surface area contributed by atoms with E-state index >= 15 is 0 Å². The lowest BCUT2D eigenvalue weighted by Crippen LogP contribution is -2.12. The van der Waals surface area contributed by atoms with Gasteiger partial charge >= 0.3 is 11.9 Å². The Bertz CT molecular complexity index is 295. The van der Waals surface area contributed by atoms with E-state index in [1.165, 1.54) is 0 Å². The molecule has 0 N–H and O–H groups in total. The van der Waals surface area contributed by atoms with Crippen LogP contribution >= 0.6 is 22.6 Å². The van der Waals surface area contributed by atoms with Gasteiger partial charge in [-0.15, -0.1) is 0 Å². The van der Waals surface area contributed by atoms with Gasteiger partial charge in [0.25, 0.3) is 0 Å². The molecule has 0 saturated carbocycles. The van der Waals surface area contributed by atoms with Crippen molar-refractivity contribution in [1.29, 1.82) is 0 Å². The summed E-state index contributed by atoms with van der Waals surface area (Å²) in [6.45, 7) is 8.47. The van der Waals surface area contributed by atoms with Crippen LogP contribution in [-0.4, -0.2) is 25.2 Å². The molecule has 0 aromatic carbocycles. The third-order valence-electron chi connectivity index (χ3n) is 1.55. The Morgan fingerprint density at radius 1 is 1.06 bits per heavy atom. The maximum absolute atomic E-state index is 11.4. The first kappa shape index (κ1) is 16.4. The molecular formula is C12H19IO4. The molecule has 0 aromatic heterocycles. The molecule has 0 unspecified atom stereocenters. The molecule has 0 aromatic rings. The molecule has 0 spiro atoms.